The van der Waals surface area contributed by atoms with E-state index in [-0.39, 0.29) is 42.7 Å². The van der Waals surface area contributed by atoms with E-state index in [2.05, 4.69) is 353 Å². The quantitative estimate of drug-likeness (QED) is 0.142. The monoisotopic (exact) mass is 1410 g/mol. The zero-order valence-electron chi connectivity index (χ0n) is 56.2. The summed E-state index contributed by atoms with van der Waals surface area (Å²) in [5.74, 6) is 1.97. The summed E-state index contributed by atoms with van der Waals surface area (Å²) in [6.07, 6.45) is 2.10. The van der Waals surface area contributed by atoms with Crippen LogP contribution in [0.1, 0.15) is 128 Å². The molecule has 0 amide bonds. The van der Waals surface area contributed by atoms with E-state index in [0.717, 1.165) is 72.8 Å². The second-order valence-corrected chi connectivity index (χ2v) is 30.1. The Balaban J connectivity index is 0.00000743. The molecule has 0 N–H and O–H groups in total. The van der Waals surface area contributed by atoms with Crippen LogP contribution in [-0.4, -0.2) is 9.55 Å². The Morgan fingerprint density at radius 2 is 0.937 bits per heavy atom. The minimum Gasteiger partial charge on any atom is -0.509 e. The predicted octanol–water partition coefficient (Wildman–Crippen LogP) is 23.5. The summed E-state index contributed by atoms with van der Waals surface area (Å²) in [5, 5.41) is 2.25. The number of nitrogens with zero attached hydrogens (tertiary/aromatic N) is 4. The van der Waals surface area contributed by atoms with Crippen molar-refractivity contribution in [1.29, 1.82) is 0 Å². The van der Waals surface area contributed by atoms with Crippen LogP contribution in [0.2, 0.25) is 0 Å². The van der Waals surface area contributed by atoms with E-state index >= 15 is 0 Å². The fourth-order valence-corrected chi connectivity index (χ4v) is 15.2. The summed E-state index contributed by atoms with van der Waals surface area (Å²) >= 11 is 0. The number of aromatic nitrogens is 2. The molecule has 3 aliphatic rings. The van der Waals surface area contributed by atoms with Gasteiger partial charge in [0.1, 0.15) is 5.82 Å². The van der Waals surface area contributed by atoms with Gasteiger partial charge in [-0.3, -0.25) is 0 Å². The second-order valence-electron chi connectivity index (χ2n) is 30.1. The number of fused-ring (bicyclic) bond motifs is 15. The van der Waals surface area contributed by atoms with Crippen molar-refractivity contribution in [2.75, 3.05) is 9.80 Å². The molecule has 13 aromatic rings. The maximum atomic E-state index is 7.13. The van der Waals surface area contributed by atoms with Crippen LogP contribution in [0.25, 0.3) is 83.3 Å². The van der Waals surface area contributed by atoms with Crippen LogP contribution in [0.15, 0.2) is 243 Å². The van der Waals surface area contributed by atoms with Crippen molar-refractivity contribution in [2.24, 2.45) is 0 Å². The van der Waals surface area contributed by atoms with Crippen LogP contribution in [0.5, 0.6) is 11.5 Å². The third-order valence-corrected chi connectivity index (χ3v) is 19.9. The molecule has 0 atom stereocenters. The van der Waals surface area contributed by atoms with Gasteiger partial charge in [-0.2, -0.15) is 12.1 Å². The van der Waals surface area contributed by atoms with Gasteiger partial charge in [0.2, 0.25) is 0 Å². The molecule has 2 aliphatic carbocycles. The van der Waals surface area contributed by atoms with E-state index < -0.39 is 5.41 Å². The molecule has 11 aromatic carbocycles. The summed E-state index contributed by atoms with van der Waals surface area (Å²) < 4.78 is 9.48. The molecule has 5 nitrogen and oxygen atoms in total. The average Bonchev–Trinajstić information content (AvgIpc) is 1.50. The molecule has 0 unspecified atom stereocenters. The first-order valence-electron chi connectivity index (χ1n) is 33.2. The average molecular weight is 1410 g/mol. The molecule has 0 fully saturated rings. The molecule has 3 heterocycles. The first kappa shape index (κ1) is 61.6. The molecule has 2 aromatic heterocycles. The van der Waals surface area contributed by atoms with Gasteiger partial charge in [0.15, 0.2) is 0 Å². The van der Waals surface area contributed by atoms with E-state index in [1.165, 1.54) is 77.7 Å². The summed E-state index contributed by atoms with van der Waals surface area (Å²) in [7, 11) is 0. The SMILES string of the molecule is CC(C)(C)c1cccc(-c2cnc(-n3c4[c-]c(Oc5[c-]c(N6[CH-]N(c7c(-c8ccccc8)cccc7-c7cc(C(C)(C)C)cc(C(C)(C)C)c7)c7ccccc76)ccc5)ccc4c4c5c(ccc43)-c3ccccc3C53c4ccccc4-c4ccccc43)cc2C(C)(C)C)c1.[Pt]. The molecule has 0 saturated carbocycles. The van der Waals surface area contributed by atoms with Crippen molar-refractivity contribution >= 4 is 44.6 Å². The van der Waals surface area contributed by atoms with Gasteiger partial charge in [-0.1, -0.05) is 271 Å². The molecule has 6 heteroatoms. The number of anilines is 4. The van der Waals surface area contributed by atoms with Crippen LogP contribution in [0, 0.1) is 18.8 Å². The number of rotatable bonds is 8. The van der Waals surface area contributed by atoms with Gasteiger partial charge in [0.25, 0.3) is 0 Å². The van der Waals surface area contributed by atoms with Gasteiger partial charge < -0.3 is 19.1 Å². The number of pyridine rings is 1. The summed E-state index contributed by atoms with van der Waals surface area (Å²) in [6, 6.07) is 95.0. The summed E-state index contributed by atoms with van der Waals surface area (Å²) in [5.41, 5.74) is 27.3. The van der Waals surface area contributed by atoms with E-state index in [9.17, 15) is 0 Å². The number of ether oxygens (including phenoxy) is 1. The number of hydrogen-bond donors (Lipinski definition) is 0. The molecule has 95 heavy (non-hydrogen) atoms. The zero-order chi connectivity index (χ0) is 64.8. The Morgan fingerprint density at radius 1 is 0.411 bits per heavy atom. The van der Waals surface area contributed by atoms with E-state index in [0.29, 0.717) is 11.5 Å². The second kappa shape index (κ2) is 22.6. The number of hydrogen-bond acceptors (Lipinski definition) is 4. The molecule has 1 aliphatic heterocycles. The Labute approximate surface area is 575 Å². The molecular weight excluding hydrogens is 1340 g/mol. The van der Waals surface area contributed by atoms with Crippen LogP contribution in [-0.2, 0) is 48.1 Å². The van der Waals surface area contributed by atoms with Gasteiger partial charge in [-0.15, -0.1) is 48.1 Å². The van der Waals surface area contributed by atoms with Gasteiger partial charge in [0.05, 0.1) is 5.41 Å². The van der Waals surface area contributed by atoms with Crippen LogP contribution in [0.3, 0.4) is 0 Å². The van der Waals surface area contributed by atoms with Gasteiger partial charge in [-0.05, 0) is 135 Å². The van der Waals surface area contributed by atoms with Crippen molar-refractivity contribution in [1.82, 2.24) is 9.55 Å². The normalized spacial score (nSPS) is 13.8. The Bertz CT molecular complexity index is 5120. The molecule has 0 radical (unpaired) electrons. The molecular formula is C89H77N4OPt-3. The summed E-state index contributed by atoms with van der Waals surface area (Å²) in [4.78, 5) is 10.2. The maximum absolute atomic E-state index is 7.13. The Kier molecular flexibility index (Phi) is 14.6. The standard InChI is InChI=1S/C89H77N4O.Pt/c1-85(2,3)59-30-24-29-57(47-59)72-54-90-81(53-76(72)88(10,11)12)93-79-46-45-70-69-35-18-21-40-75(69)89(73-38-19-16-33-67(73)68-34-17-20-39-74(68)89)83(70)82(79)71-44-43-64(52-80(71)93)94-63-32-25-31-62(51-63)91-55-92(78-42-23-22-41-77(78)91)84-65(56-27-14-13-15-28-56)36-26-37-66(84)58-48-60(86(4,5)6)50-61(49-58)87(7,8)9;/h13-50,53-55H,1-12H3;/q-3;. The number of para-hydroxylation sites is 3. The number of benzene rings is 11. The van der Waals surface area contributed by atoms with E-state index in [1.807, 2.05) is 6.07 Å². The fourth-order valence-electron chi connectivity index (χ4n) is 15.2. The maximum Gasteiger partial charge on any atom is 0.135 e. The minimum absolute atomic E-state index is 0. The molecule has 0 bridgehead atoms. The van der Waals surface area contributed by atoms with Crippen molar-refractivity contribution in [3.8, 4) is 73.0 Å². The van der Waals surface area contributed by atoms with Gasteiger partial charge in [0, 0.05) is 78.0 Å². The van der Waals surface area contributed by atoms with E-state index in [1.54, 1.807) is 0 Å². The Morgan fingerprint density at radius 3 is 1.57 bits per heavy atom. The topological polar surface area (TPSA) is 33.5 Å². The van der Waals surface area contributed by atoms with Crippen molar-refractivity contribution < 1.29 is 25.8 Å². The zero-order valence-corrected chi connectivity index (χ0v) is 58.5. The molecule has 16 rings (SSSR count). The largest absolute Gasteiger partial charge is 0.509 e. The molecule has 1 spiro atoms. The van der Waals surface area contributed by atoms with Crippen LogP contribution < -0.4 is 14.5 Å². The predicted molar refractivity (Wildman–Crippen MR) is 392 cm³/mol. The fraction of sp³-hybridized carbons (Fsp3) is 0.191. The third-order valence-electron chi connectivity index (χ3n) is 19.9. The smallest absolute Gasteiger partial charge is 0.135 e. The van der Waals surface area contributed by atoms with Crippen molar-refractivity contribution in [3.05, 3.63) is 306 Å². The van der Waals surface area contributed by atoms with Crippen LogP contribution in [0.4, 0.5) is 22.7 Å². The first-order valence-corrected chi connectivity index (χ1v) is 33.2. The van der Waals surface area contributed by atoms with Gasteiger partial charge >= 0.3 is 0 Å². The van der Waals surface area contributed by atoms with E-state index in [4.69, 9.17) is 9.72 Å². The first-order chi connectivity index (χ1) is 45.1. The third kappa shape index (κ3) is 10.0. The minimum atomic E-state index is -0.590. The van der Waals surface area contributed by atoms with Crippen molar-refractivity contribution in [2.45, 2.75) is 110 Å². The Hall–Kier alpha value is -9.54. The van der Waals surface area contributed by atoms with Crippen LogP contribution >= 0.6 is 0 Å². The van der Waals surface area contributed by atoms with Crippen molar-refractivity contribution in [3.63, 3.8) is 0 Å². The molecule has 472 valence electrons. The summed E-state index contributed by atoms with van der Waals surface area (Å²) in [6.45, 7) is 29.9. The molecule has 0 saturated heterocycles. The van der Waals surface area contributed by atoms with Gasteiger partial charge in [-0.25, -0.2) is 4.98 Å².